The van der Waals surface area contributed by atoms with Crippen molar-refractivity contribution in [2.24, 2.45) is 5.73 Å². The fourth-order valence-electron chi connectivity index (χ4n) is 1.05. The van der Waals surface area contributed by atoms with Crippen molar-refractivity contribution in [2.45, 2.75) is 6.42 Å². The second-order valence-electron chi connectivity index (χ2n) is 2.97. The van der Waals surface area contributed by atoms with Crippen molar-refractivity contribution < 1.29 is 9.59 Å². The number of primary amides is 1. The average Bonchev–Trinajstić information content (AvgIpc) is 2.20. The molecule has 0 heterocycles. The minimum absolute atomic E-state index is 0.172. The molecule has 4 heteroatoms. The van der Waals surface area contributed by atoms with Gasteiger partial charge < -0.3 is 5.73 Å². The van der Waals surface area contributed by atoms with Crippen LogP contribution in [0.2, 0.25) is 5.02 Å². The van der Waals surface area contributed by atoms with Crippen LogP contribution in [0.5, 0.6) is 0 Å². The average molecular weight is 224 g/mol. The van der Waals surface area contributed by atoms with Crippen LogP contribution in [-0.4, -0.2) is 12.2 Å². The SMILES string of the molecule is NC(=O)CC=Cc1ccc(C=O)cc1Cl. The summed E-state index contributed by atoms with van der Waals surface area (Å²) >= 11 is 5.90. The van der Waals surface area contributed by atoms with E-state index in [9.17, 15) is 9.59 Å². The predicted octanol–water partition coefficient (Wildman–Crippen LogP) is 2.04. The van der Waals surface area contributed by atoms with Crippen LogP contribution in [0.3, 0.4) is 0 Å². The Kier molecular flexibility index (Phi) is 4.06. The molecular weight excluding hydrogens is 214 g/mol. The number of nitrogens with two attached hydrogens (primary N) is 1. The number of hydrogen-bond acceptors (Lipinski definition) is 2. The van der Waals surface area contributed by atoms with Crippen molar-refractivity contribution in [3.05, 3.63) is 40.4 Å². The molecule has 0 fully saturated rings. The number of benzene rings is 1. The third-order valence-electron chi connectivity index (χ3n) is 1.78. The second-order valence-corrected chi connectivity index (χ2v) is 3.38. The van der Waals surface area contributed by atoms with E-state index >= 15 is 0 Å². The molecule has 0 bridgehead atoms. The highest BCUT2D eigenvalue weighted by molar-refractivity contribution is 6.32. The summed E-state index contributed by atoms with van der Waals surface area (Å²) in [4.78, 5) is 20.9. The summed E-state index contributed by atoms with van der Waals surface area (Å²) in [7, 11) is 0. The zero-order valence-corrected chi connectivity index (χ0v) is 8.70. The van der Waals surface area contributed by atoms with Crippen LogP contribution < -0.4 is 5.73 Å². The molecule has 78 valence electrons. The number of aldehydes is 1. The fraction of sp³-hybridized carbons (Fsp3) is 0.0909. The van der Waals surface area contributed by atoms with Gasteiger partial charge in [0, 0.05) is 17.0 Å². The van der Waals surface area contributed by atoms with Crippen molar-refractivity contribution in [2.75, 3.05) is 0 Å². The highest BCUT2D eigenvalue weighted by Gasteiger charge is 1.98. The number of rotatable bonds is 4. The summed E-state index contributed by atoms with van der Waals surface area (Å²) in [6.45, 7) is 0. The maximum Gasteiger partial charge on any atom is 0.221 e. The minimum Gasteiger partial charge on any atom is -0.369 e. The summed E-state index contributed by atoms with van der Waals surface area (Å²) in [6.07, 6.45) is 4.22. The molecular formula is C11H10ClNO2. The molecule has 0 atom stereocenters. The fourth-order valence-corrected chi connectivity index (χ4v) is 1.31. The Balaban J connectivity index is 2.82. The Labute approximate surface area is 92.5 Å². The summed E-state index contributed by atoms with van der Waals surface area (Å²) in [5.74, 6) is -0.396. The predicted molar refractivity (Wildman–Crippen MR) is 59.7 cm³/mol. The van der Waals surface area contributed by atoms with Crippen LogP contribution in [0, 0.1) is 0 Å². The first-order valence-electron chi connectivity index (χ1n) is 4.33. The van der Waals surface area contributed by atoms with E-state index in [4.69, 9.17) is 17.3 Å². The largest absolute Gasteiger partial charge is 0.369 e. The quantitative estimate of drug-likeness (QED) is 0.794. The van der Waals surface area contributed by atoms with Crippen molar-refractivity contribution in [3.8, 4) is 0 Å². The van der Waals surface area contributed by atoms with Gasteiger partial charge in [-0.1, -0.05) is 35.9 Å². The number of halogens is 1. The molecule has 15 heavy (non-hydrogen) atoms. The number of carbonyl (C=O) groups excluding carboxylic acids is 2. The molecule has 0 aliphatic rings. The van der Waals surface area contributed by atoms with Crippen molar-refractivity contribution in [3.63, 3.8) is 0 Å². The standard InChI is InChI=1S/C11H10ClNO2/c12-10-6-8(7-14)4-5-9(10)2-1-3-11(13)15/h1-2,4-7H,3H2,(H2,13,15). The van der Waals surface area contributed by atoms with Gasteiger partial charge in [0.2, 0.25) is 5.91 Å². The van der Waals surface area contributed by atoms with Gasteiger partial charge in [0.25, 0.3) is 0 Å². The molecule has 2 N–H and O–H groups in total. The second kappa shape index (κ2) is 5.32. The van der Waals surface area contributed by atoms with Crippen LogP contribution >= 0.6 is 11.6 Å². The molecule has 0 saturated heterocycles. The molecule has 0 unspecified atom stereocenters. The van der Waals surface area contributed by atoms with E-state index in [0.29, 0.717) is 10.6 Å². The van der Waals surface area contributed by atoms with Crippen molar-refractivity contribution >= 4 is 29.9 Å². The van der Waals surface area contributed by atoms with Crippen LogP contribution in [0.15, 0.2) is 24.3 Å². The first kappa shape index (κ1) is 11.5. The third-order valence-corrected chi connectivity index (χ3v) is 2.10. The lowest BCUT2D eigenvalue weighted by Crippen LogP contribution is -2.07. The van der Waals surface area contributed by atoms with Crippen molar-refractivity contribution in [1.29, 1.82) is 0 Å². The molecule has 1 rings (SSSR count). The Bertz CT molecular complexity index is 413. The van der Waals surface area contributed by atoms with Crippen LogP contribution in [0.1, 0.15) is 22.3 Å². The molecule has 3 nitrogen and oxygen atoms in total. The van der Waals surface area contributed by atoms with Gasteiger partial charge in [-0.25, -0.2) is 0 Å². The van der Waals surface area contributed by atoms with E-state index in [2.05, 4.69) is 0 Å². The smallest absolute Gasteiger partial charge is 0.221 e. The molecule has 0 radical (unpaired) electrons. The van der Waals surface area contributed by atoms with Gasteiger partial charge in [0.15, 0.2) is 0 Å². The summed E-state index contributed by atoms with van der Waals surface area (Å²) in [5.41, 5.74) is 6.24. The molecule has 1 amide bonds. The molecule has 0 saturated carbocycles. The summed E-state index contributed by atoms with van der Waals surface area (Å²) in [6, 6.07) is 4.94. The molecule has 0 aliphatic carbocycles. The Morgan fingerprint density at radius 1 is 1.47 bits per heavy atom. The van der Waals surface area contributed by atoms with E-state index in [0.717, 1.165) is 11.8 Å². The number of amides is 1. The van der Waals surface area contributed by atoms with Gasteiger partial charge in [0.1, 0.15) is 6.29 Å². The summed E-state index contributed by atoms with van der Waals surface area (Å²) in [5, 5.41) is 0.473. The molecule has 1 aromatic carbocycles. The highest BCUT2D eigenvalue weighted by atomic mass is 35.5. The topological polar surface area (TPSA) is 60.2 Å². The maximum absolute atomic E-state index is 10.5. The van der Waals surface area contributed by atoms with Gasteiger partial charge in [-0.15, -0.1) is 0 Å². The monoisotopic (exact) mass is 223 g/mol. The van der Waals surface area contributed by atoms with Gasteiger partial charge in [0.05, 0.1) is 0 Å². The lowest BCUT2D eigenvalue weighted by Gasteiger charge is -1.98. The zero-order chi connectivity index (χ0) is 11.3. The van der Waals surface area contributed by atoms with Gasteiger partial charge >= 0.3 is 0 Å². The van der Waals surface area contributed by atoms with E-state index in [1.807, 2.05) is 0 Å². The van der Waals surface area contributed by atoms with Crippen LogP contribution in [-0.2, 0) is 4.79 Å². The van der Waals surface area contributed by atoms with Gasteiger partial charge in [-0.2, -0.15) is 0 Å². The summed E-state index contributed by atoms with van der Waals surface area (Å²) < 4.78 is 0. The van der Waals surface area contributed by atoms with Crippen molar-refractivity contribution in [1.82, 2.24) is 0 Å². The zero-order valence-electron chi connectivity index (χ0n) is 7.94. The molecule has 0 aromatic heterocycles. The van der Waals surface area contributed by atoms with Gasteiger partial charge in [-0.05, 0) is 11.6 Å². The molecule has 1 aromatic rings. The first-order valence-corrected chi connectivity index (χ1v) is 4.71. The van der Waals surface area contributed by atoms with E-state index in [1.165, 1.54) is 0 Å². The van der Waals surface area contributed by atoms with E-state index < -0.39 is 5.91 Å². The highest BCUT2D eigenvalue weighted by Crippen LogP contribution is 2.18. The van der Waals surface area contributed by atoms with E-state index in [1.54, 1.807) is 30.4 Å². The number of carbonyl (C=O) groups is 2. The first-order chi connectivity index (χ1) is 7.13. The lowest BCUT2D eigenvalue weighted by molar-refractivity contribution is -0.117. The maximum atomic E-state index is 10.5. The van der Waals surface area contributed by atoms with Crippen LogP contribution in [0.4, 0.5) is 0 Å². The third kappa shape index (κ3) is 3.56. The molecule has 0 spiro atoms. The molecule has 0 aliphatic heterocycles. The Morgan fingerprint density at radius 3 is 2.73 bits per heavy atom. The van der Waals surface area contributed by atoms with Gasteiger partial charge in [-0.3, -0.25) is 9.59 Å². The van der Waals surface area contributed by atoms with E-state index in [-0.39, 0.29) is 6.42 Å². The lowest BCUT2D eigenvalue weighted by atomic mass is 10.1. The van der Waals surface area contributed by atoms with Crippen LogP contribution in [0.25, 0.3) is 6.08 Å². The Hall–Kier alpha value is -1.61. The number of hydrogen-bond donors (Lipinski definition) is 1. The minimum atomic E-state index is -0.396. The Morgan fingerprint density at radius 2 is 2.20 bits per heavy atom. The normalized spacial score (nSPS) is 10.5.